The van der Waals surface area contributed by atoms with Crippen LogP contribution in [0.3, 0.4) is 0 Å². The first kappa shape index (κ1) is 34.7. The number of nitrogens with zero attached hydrogens (tertiary/aromatic N) is 1. The predicted octanol–water partition coefficient (Wildman–Crippen LogP) is 5.82. The summed E-state index contributed by atoms with van der Waals surface area (Å²) in [6.45, 7) is 14.1. The van der Waals surface area contributed by atoms with Crippen LogP contribution in [0.25, 0.3) is 5.57 Å². The van der Waals surface area contributed by atoms with Crippen molar-refractivity contribution in [2.45, 2.75) is 65.0 Å². The average Bonchev–Trinajstić information content (AvgIpc) is 3.37. The third-order valence-electron chi connectivity index (χ3n) is 7.12. The quantitative estimate of drug-likeness (QED) is 0.231. The maximum absolute atomic E-state index is 14.0. The van der Waals surface area contributed by atoms with Gasteiger partial charge in [-0.15, -0.1) is 0 Å². The van der Waals surface area contributed by atoms with Crippen molar-refractivity contribution in [3.05, 3.63) is 55.0 Å². The minimum atomic E-state index is -1.60. The lowest BCUT2D eigenvalue weighted by molar-refractivity contribution is -0.141. The van der Waals surface area contributed by atoms with E-state index in [9.17, 15) is 24.0 Å². The highest BCUT2D eigenvalue weighted by Gasteiger charge is 2.62. The van der Waals surface area contributed by atoms with E-state index in [0.717, 1.165) is 35.3 Å². The van der Waals surface area contributed by atoms with E-state index >= 15 is 0 Å². The first-order valence-electron chi connectivity index (χ1n) is 14.7. The molecule has 3 heterocycles. The highest BCUT2D eigenvalue weighted by Crippen LogP contribution is 2.71. The summed E-state index contributed by atoms with van der Waals surface area (Å²) in [6, 6.07) is 7.28. The molecular weight excluding hydrogens is 639 g/mol. The zero-order valence-corrected chi connectivity index (χ0v) is 29.0. The molecule has 0 bridgehead atoms. The van der Waals surface area contributed by atoms with Gasteiger partial charge in [-0.2, -0.15) is 0 Å². The fraction of sp³-hybridized carbons (Fsp3) is 0.469. The largest absolute Gasteiger partial charge is 0.463 e. The van der Waals surface area contributed by atoms with Crippen LogP contribution in [-0.2, 0) is 42.9 Å². The lowest BCUT2D eigenvalue weighted by atomic mass is 9.83. The molecule has 0 saturated heterocycles. The molecule has 3 aliphatic heterocycles. The third kappa shape index (κ3) is 5.94. The van der Waals surface area contributed by atoms with Crippen LogP contribution < -0.4 is 4.90 Å². The normalized spacial score (nSPS) is 18.1. The number of hydrogen-bond acceptors (Lipinski definition) is 12. The van der Waals surface area contributed by atoms with E-state index in [4.69, 9.17) is 18.9 Å². The standard InChI is InChI=1S/C32H37NO9S3/c1-9-39-27(35)21-22(28(36)40-10-2)43-25-20(18-15-13-14-16-19(18)33(31(25,7)8)26(34)17(5)6)32(21)44-23(29(37)41-11-3)24(45-32)30(38)42-12-4/h13-17H,9-12H2,1-8H3. The number of esters is 4. The molecule has 0 aliphatic carbocycles. The molecule has 0 saturated carbocycles. The Morgan fingerprint density at radius 3 is 1.69 bits per heavy atom. The Labute approximate surface area is 275 Å². The maximum Gasteiger partial charge on any atom is 0.346 e. The topological polar surface area (TPSA) is 126 Å². The molecule has 0 fully saturated rings. The minimum absolute atomic E-state index is 0.00205. The van der Waals surface area contributed by atoms with Crippen LogP contribution in [0.4, 0.5) is 5.69 Å². The number of rotatable bonds is 9. The monoisotopic (exact) mass is 675 g/mol. The van der Waals surface area contributed by atoms with Crippen LogP contribution >= 0.6 is 35.3 Å². The van der Waals surface area contributed by atoms with Crippen LogP contribution in [-0.4, -0.2) is 65.8 Å². The Morgan fingerprint density at radius 1 is 0.733 bits per heavy atom. The number of hydrogen-bond donors (Lipinski definition) is 0. The van der Waals surface area contributed by atoms with Crippen molar-refractivity contribution in [2.75, 3.05) is 31.3 Å². The third-order valence-corrected chi connectivity index (χ3v) is 11.8. The van der Waals surface area contributed by atoms with E-state index in [1.54, 1.807) is 32.6 Å². The zero-order valence-electron chi connectivity index (χ0n) is 26.6. The van der Waals surface area contributed by atoms with Gasteiger partial charge in [0.15, 0.2) is 0 Å². The van der Waals surface area contributed by atoms with Crippen molar-refractivity contribution in [1.29, 1.82) is 0 Å². The molecule has 1 aromatic rings. The molecular formula is C32H37NO9S3. The van der Waals surface area contributed by atoms with Gasteiger partial charge in [-0.25, -0.2) is 19.2 Å². The second-order valence-electron chi connectivity index (χ2n) is 10.8. The average molecular weight is 676 g/mol. The van der Waals surface area contributed by atoms with Crippen LogP contribution in [0.15, 0.2) is 49.5 Å². The zero-order chi connectivity index (χ0) is 33.3. The number of ether oxygens (including phenoxy) is 4. The van der Waals surface area contributed by atoms with E-state index < -0.39 is 33.5 Å². The van der Waals surface area contributed by atoms with Crippen molar-refractivity contribution >= 4 is 76.3 Å². The summed E-state index contributed by atoms with van der Waals surface area (Å²) in [5, 5.41) is 0. The van der Waals surface area contributed by atoms with Gasteiger partial charge in [0, 0.05) is 22.0 Å². The molecule has 1 amide bonds. The number of benzene rings is 1. The predicted molar refractivity (Wildman–Crippen MR) is 176 cm³/mol. The highest BCUT2D eigenvalue weighted by molar-refractivity contribution is 8.26. The summed E-state index contributed by atoms with van der Waals surface area (Å²) in [4.78, 5) is 70.6. The fourth-order valence-electron chi connectivity index (χ4n) is 5.33. The first-order valence-corrected chi connectivity index (χ1v) is 17.2. The van der Waals surface area contributed by atoms with E-state index in [0.29, 0.717) is 21.7 Å². The van der Waals surface area contributed by atoms with Gasteiger partial charge in [-0.3, -0.25) is 4.79 Å². The second kappa shape index (κ2) is 13.7. The summed E-state index contributed by atoms with van der Waals surface area (Å²) < 4.78 is 20.1. The number of para-hydroxylation sites is 1. The molecule has 0 atom stereocenters. The minimum Gasteiger partial charge on any atom is -0.463 e. The van der Waals surface area contributed by atoms with Crippen LogP contribution in [0, 0.1) is 5.92 Å². The molecule has 3 aliphatic rings. The summed E-state index contributed by atoms with van der Waals surface area (Å²) in [5.41, 5.74) is 0.640. The number of carbonyl (C=O) groups excluding carboxylic acids is 5. The van der Waals surface area contributed by atoms with Crippen LogP contribution in [0.5, 0.6) is 0 Å². The summed E-state index contributed by atoms with van der Waals surface area (Å²) in [7, 11) is 0. The summed E-state index contributed by atoms with van der Waals surface area (Å²) >= 11 is 2.92. The lowest BCUT2D eigenvalue weighted by Gasteiger charge is -2.51. The molecule has 1 spiro atoms. The van der Waals surface area contributed by atoms with Crippen molar-refractivity contribution in [1.82, 2.24) is 0 Å². The van der Waals surface area contributed by atoms with Crippen LogP contribution in [0.2, 0.25) is 0 Å². The first-order chi connectivity index (χ1) is 21.3. The van der Waals surface area contributed by atoms with Crippen molar-refractivity contribution < 1.29 is 42.9 Å². The molecule has 10 nitrogen and oxygen atoms in total. The summed E-state index contributed by atoms with van der Waals surface area (Å²) in [6.07, 6.45) is 0. The number of amides is 1. The second-order valence-corrected chi connectivity index (χ2v) is 14.5. The van der Waals surface area contributed by atoms with E-state index in [1.165, 1.54) is 0 Å². The SMILES string of the molecule is CCOC(=O)C1=C(C(=O)OCC)SC2(S1)C(C(=O)OCC)=C(C(=O)OCC)SC1=C2c2ccccc2N(C(=O)C(C)C)C1(C)C. The Bertz CT molecular complexity index is 1510. The Morgan fingerprint density at radius 2 is 1.20 bits per heavy atom. The number of anilines is 1. The van der Waals surface area contributed by atoms with Gasteiger partial charge in [0.2, 0.25) is 5.91 Å². The molecule has 45 heavy (non-hydrogen) atoms. The van der Waals surface area contributed by atoms with E-state index in [-0.39, 0.29) is 58.5 Å². The lowest BCUT2D eigenvalue weighted by Crippen LogP contribution is -2.55. The molecule has 0 aromatic heterocycles. The van der Waals surface area contributed by atoms with Crippen molar-refractivity contribution in [3.8, 4) is 0 Å². The smallest absolute Gasteiger partial charge is 0.346 e. The van der Waals surface area contributed by atoms with Gasteiger partial charge in [-0.05, 0) is 47.6 Å². The van der Waals surface area contributed by atoms with Crippen molar-refractivity contribution in [2.24, 2.45) is 5.92 Å². The number of fused-ring (bicyclic) bond motifs is 3. The number of thioether (sulfide) groups is 3. The molecule has 4 rings (SSSR count). The molecule has 1 aromatic carbocycles. The molecule has 0 unspecified atom stereocenters. The van der Waals surface area contributed by atoms with Gasteiger partial charge in [0.05, 0.1) is 43.2 Å². The van der Waals surface area contributed by atoms with Gasteiger partial charge in [0.1, 0.15) is 18.8 Å². The summed E-state index contributed by atoms with van der Waals surface area (Å²) in [5.74, 6) is -3.61. The van der Waals surface area contributed by atoms with Gasteiger partial charge in [-0.1, -0.05) is 67.3 Å². The Kier molecular flexibility index (Phi) is 10.6. The Balaban J connectivity index is 2.15. The molecule has 13 heteroatoms. The fourth-order valence-corrected chi connectivity index (χ4v) is 10.3. The number of carbonyl (C=O) groups is 5. The highest BCUT2D eigenvalue weighted by atomic mass is 32.2. The van der Waals surface area contributed by atoms with E-state index in [1.807, 2.05) is 52.0 Å². The molecule has 242 valence electrons. The van der Waals surface area contributed by atoms with Gasteiger partial charge < -0.3 is 23.8 Å². The molecule has 0 N–H and O–H groups in total. The van der Waals surface area contributed by atoms with Crippen molar-refractivity contribution in [3.63, 3.8) is 0 Å². The molecule has 0 radical (unpaired) electrons. The van der Waals surface area contributed by atoms with Crippen LogP contribution in [0.1, 0.15) is 61.0 Å². The maximum atomic E-state index is 14.0. The van der Waals surface area contributed by atoms with E-state index in [2.05, 4.69) is 0 Å². The van der Waals surface area contributed by atoms with Gasteiger partial charge >= 0.3 is 23.9 Å². The van der Waals surface area contributed by atoms with Gasteiger partial charge in [0.25, 0.3) is 0 Å². The Hall–Kier alpha value is -3.16.